The van der Waals surface area contributed by atoms with Crippen LogP contribution in [0.25, 0.3) is 11.3 Å². The molecule has 8 heteroatoms. The maximum atomic E-state index is 5.65. The fourth-order valence-corrected chi connectivity index (χ4v) is 2.84. The number of nitrogens with two attached hydrogens (primary N) is 1. The third-order valence-electron chi connectivity index (χ3n) is 4.15. The lowest BCUT2D eigenvalue weighted by molar-refractivity contribution is 0.174. The van der Waals surface area contributed by atoms with Crippen molar-refractivity contribution in [1.29, 1.82) is 0 Å². The molecule has 1 aromatic heterocycles. The summed E-state index contributed by atoms with van der Waals surface area (Å²) in [6, 6.07) is 15.2. The number of nitrogens with zero attached hydrogens (tertiary/aromatic N) is 4. The van der Waals surface area contributed by atoms with Crippen molar-refractivity contribution >= 4 is 23.2 Å². The molecule has 8 nitrogen and oxygen atoms in total. The zero-order valence-electron chi connectivity index (χ0n) is 15.9. The first-order valence-corrected chi connectivity index (χ1v) is 8.95. The number of amidine groups is 1. The van der Waals surface area contributed by atoms with E-state index in [0.717, 1.165) is 28.4 Å². The number of nitrogens with one attached hydrogen (secondary N) is 1. The van der Waals surface area contributed by atoms with Crippen LogP contribution >= 0.6 is 0 Å². The number of rotatable bonds is 6. The number of benzene rings is 2. The van der Waals surface area contributed by atoms with Crippen molar-refractivity contribution in [2.75, 3.05) is 17.1 Å². The monoisotopic (exact) mass is 388 g/mol. The van der Waals surface area contributed by atoms with Gasteiger partial charge in [-0.1, -0.05) is 6.58 Å². The highest BCUT2D eigenvalue weighted by atomic mass is 16.7. The van der Waals surface area contributed by atoms with Gasteiger partial charge in [0.1, 0.15) is 5.84 Å². The lowest BCUT2D eigenvalue weighted by Crippen LogP contribution is -2.15. The number of ether oxygens (including phenoxy) is 2. The van der Waals surface area contributed by atoms with Crippen molar-refractivity contribution in [3.05, 3.63) is 67.5 Å². The summed E-state index contributed by atoms with van der Waals surface area (Å²) in [5.74, 6) is 2.39. The Hall–Kier alpha value is -4.07. The third-order valence-corrected chi connectivity index (χ3v) is 4.15. The Morgan fingerprint density at radius 2 is 1.97 bits per heavy atom. The third kappa shape index (κ3) is 4.11. The summed E-state index contributed by atoms with van der Waals surface area (Å²) < 4.78 is 10.8. The van der Waals surface area contributed by atoms with Gasteiger partial charge in [-0.05, 0) is 55.5 Å². The number of hydrazone groups is 1. The lowest BCUT2D eigenvalue weighted by Gasteiger charge is -2.15. The van der Waals surface area contributed by atoms with E-state index >= 15 is 0 Å². The smallest absolute Gasteiger partial charge is 0.231 e. The Kier molecular flexibility index (Phi) is 4.98. The Morgan fingerprint density at radius 3 is 2.72 bits per heavy atom. The second-order valence-electron chi connectivity index (χ2n) is 6.27. The van der Waals surface area contributed by atoms with Crippen molar-refractivity contribution in [2.45, 2.75) is 6.92 Å². The summed E-state index contributed by atoms with van der Waals surface area (Å²) in [4.78, 5) is 8.90. The molecule has 0 saturated carbocycles. The van der Waals surface area contributed by atoms with Crippen molar-refractivity contribution in [1.82, 2.24) is 9.97 Å². The predicted octanol–water partition coefficient (Wildman–Crippen LogP) is 3.86. The van der Waals surface area contributed by atoms with Gasteiger partial charge >= 0.3 is 0 Å². The van der Waals surface area contributed by atoms with Gasteiger partial charge in [0, 0.05) is 23.6 Å². The lowest BCUT2D eigenvalue weighted by atomic mass is 10.1. The van der Waals surface area contributed by atoms with Crippen LogP contribution in [0.5, 0.6) is 11.5 Å². The largest absolute Gasteiger partial charge is 0.454 e. The standard InChI is InChI=1S/C21H20N6O2/c1-3-27(26-14(2)22)17-7-5-16(6-8-17)24-21-23-11-10-18(25-21)15-4-9-19-20(12-15)29-13-28-19/h3-12H,1,13H2,2H3,(H2,22,26)(H,23,24,25). The Labute approximate surface area is 168 Å². The highest BCUT2D eigenvalue weighted by Gasteiger charge is 2.14. The second-order valence-corrected chi connectivity index (χ2v) is 6.27. The van der Waals surface area contributed by atoms with Gasteiger partial charge in [-0.25, -0.2) is 15.0 Å². The van der Waals surface area contributed by atoms with E-state index in [4.69, 9.17) is 15.2 Å². The Balaban J connectivity index is 1.52. The molecule has 0 bridgehead atoms. The van der Waals surface area contributed by atoms with Crippen LogP contribution < -0.4 is 25.5 Å². The van der Waals surface area contributed by atoms with Gasteiger partial charge in [-0.15, -0.1) is 0 Å². The minimum atomic E-state index is 0.241. The van der Waals surface area contributed by atoms with E-state index in [9.17, 15) is 0 Å². The highest BCUT2D eigenvalue weighted by Crippen LogP contribution is 2.35. The molecule has 0 atom stereocenters. The summed E-state index contributed by atoms with van der Waals surface area (Å²) in [5, 5.41) is 9.01. The van der Waals surface area contributed by atoms with Crippen molar-refractivity contribution in [2.24, 2.45) is 10.8 Å². The first-order valence-electron chi connectivity index (χ1n) is 8.95. The average molecular weight is 388 g/mol. The van der Waals surface area contributed by atoms with Crippen molar-refractivity contribution < 1.29 is 9.47 Å². The minimum Gasteiger partial charge on any atom is -0.454 e. The van der Waals surface area contributed by atoms with E-state index in [1.807, 2.05) is 48.5 Å². The van der Waals surface area contributed by atoms with Gasteiger partial charge in [-0.3, -0.25) is 0 Å². The summed E-state index contributed by atoms with van der Waals surface area (Å²) in [5.41, 5.74) is 9.03. The summed E-state index contributed by atoms with van der Waals surface area (Å²) in [7, 11) is 0. The molecule has 0 aliphatic carbocycles. The van der Waals surface area contributed by atoms with Crippen LogP contribution in [0.15, 0.2) is 72.6 Å². The first-order chi connectivity index (χ1) is 14.1. The molecule has 29 heavy (non-hydrogen) atoms. The molecule has 0 unspecified atom stereocenters. The molecular formula is C21H20N6O2. The van der Waals surface area contributed by atoms with E-state index in [1.54, 1.807) is 24.3 Å². The minimum absolute atomic E-state index is 0.241. The maximum absolute atomic E-state index is 5.65. The number of aromatic nitrogens is 2. The van der Waals surface area contributed by atoms with Crippen LogP contribution in [0.1, 0.15) is 6.92 Å². The number of hydrogen-bond acceptors (Lipinski definition) is 7. The van der Waals surface area contributed by atoms with Crippen LogP contribution in [0.4, 0.5) is 17.3 Å². The first kappa shape index (κ1) is 18.3. The second kappa shape index (κ2) is 7.89. The van der Waals surface area contributed by atoms with Crippen molar-refractivity contribution in [3.8, 4) is 22.8 Å². The summed E-state index contributed by atoms with van der Waals surface area (Å²) in [6.45, 7) is 5.71. The molecule has 146 valence electrons. The van der Waals surface area contributed by atoms with E-state index in [2.05, 4.69) is 27.0 Å². The highest BCUT2D eigenvalue weighted by molar-refractivity contribution is 5.79. The molecule has 0 fully saturated rings. The van der Waals surface area contributed by atoms with Gasteiger partial charge in [0.15, 0.2) is 11.5 Å². The van der Waals surface area contributed by atoms with Crippen LogP contribution in [0, 0.1) is 0 Å². The fourth-order valence-electron chi connectivity index (χ4n) is 2.84. The van der Waals surface area contributed by atoms with E-state index in [-0.39, 0.29) is 6.79 Å². The van der Waals surface area contributed by atoms with Crippen LogP contribution in [-0.4, -0.2) is 22.6 Å². The van der Waals surface area contributed by atoms with Gasteiger partial charge in [-0.2, -0.15) is 5.10 Å². The molecule has 2 heterocycles. The average Bonchev–Trinajstić information content (AvgIpc) is 3.21. The van der Waals surface area contributed by atoms with Gasteiger partial charge in [0.2, 0.25) is 12.7 Å². The molecular weight excluding hydrogens is 368 g/mol. The molecule has 0 radical (unpaired) electrons. The quantitative estimate of drug-likeness (QED) is 0.376. The number of anilines is 3. The molecule has 0 amide bonds. The maximum Gasteiger partial charge on any atom is 0.231 e. The molecule has 1 aliphatic heterocycles. The van der Waals surface area contributed by atoms with Crippen molar-refractivity contribution in [3.63, 3.8) is 0 Å². The van der Waals surface area contributed by atoms with Gasteiger partial charge in [0.05, 0.1) is 11.4 Å². The topological polar surface area (TPSA) is 97.9 Å². The fraction of sp³-hybridized carbons (Fsp3) is 0.0952. The van der Waals surface area contributed by atoms with Crippen LogP contribution in [0.3, 0.4) is 0 Å². The molecule has 4 rings (SSSR count). The van der Waals surface area contributed by atoms with E-state index in [0.29, 0.717) is 17.5 Å². The van der Waals surface area contributed by atoms with Crippen LogP contribution in [-0.2, 0) is 0 Å². The Bertz CT molecular complexity index is 1060. The molecule has 2 aromatic carbocycles. The molecule has 0 spiro atoms. The van der Waals surface area contributed by atoms with Gasteiger partial charge < -0.3 is 20.5 Å². The normalized spacial score (nSPS) is 12.5. The molecule has 0 saturated heterocycles. The van der Waals surface area contributed by atoms with E-state index < -0.39 is 0 Å². The van der Waals surface area contributed by atoms with Gasteiger partial charge in [0.25, 0.3) is 0 Å². The number of hydrogen-bond donors (Lipinski definition) is 2. The SMILES string of the molecule is C=CN(/N=C(/C)N)c1ccc(Nc2nccc(-c3ccc4c(c3)OCO4)n2)cc1. The van der Waals surface area contributed by atoms with Crippen LogP contribution in [0.2, 0.25) is 0 Å². The zero-order chi connectivity index (χ0) is 20.2. The number of fused-ring (bicyclic) bond motifs is 1. The summed E-state index contributed by atoms with van der Waals surface area (Å²) >= 11 is 0. The Morgan fingerprint density at radius 1 is 1.17 bits per heavy atom. The van der Waals surface area contributed by atoms with E-state index in [1.165, 1.54) is 0 Å². The summed E-state index contributed by atoms with van der Waals surface area (Å²) in [6.07, 6.45) is 3.30. The molecule has 1 aliphatic rings. The predicted molar refractivity (Wildman–Crippen MR) is 113 cm³/mol. The zero-order valence-corrected chi connectivity index (χ0v) is 15.9. The molecule has 3 N–H and O–H groups in total. The molecule has 3 aromatic rings.